The standard InChI is InChI=1S/C25H24N4O5S2/c1-17-22(18-6-3-2-4-7-18)23-24(35-17)26-16-28(25(23)31)15-21(30)27-19-8-5-9-20(14-19)36(32,33)29-10-12-34-13-11-29/h2-9,14,16H,10-13,15H2,1H3,(H,27,30). The van der Waals surface area contributed by atoms with Crippen LogP contribution in [0.1, 0.15) is 4.88 Å². The highest BCUT2D eigenvalue weighted by molar-refractivity contribution is 7.89. The summed E-state index contributed by atoms with van der Waals surface area (Å²) < 4.78 is 33.8. The minimum Gasteiger partial charge on any atom is -0.379 e. The number of nitrogens with zero attached hydrogens (tertiary/aromatic N) is 3. The average Bonchev–Trinajstić information content (AvgIpc) is 3.23. The molecule has 1 N–H and O–H groups in total. The number of fused-ring (bicyclic) bond motifs is 1. The molecule has 5 rings (SSSR count). The predicted molar refractivity (Wildman–Crippen MR) is 139 cm³/mol. The van der Waals surface area contributed by atoms with Gasteiger partial charge in [0, 0.05) is 29.2 Å². The van der Waals surface area contributed by atoms with Crippen molar-refractivity contribution in [3.05, 3.63) is 76.2 Å². The number of ether oxygens (including phenoxy) is 1. The molecular weight excluding hydrogens is 500 g/mol. The summed E-state index contributed by atoms with van der Waals surface area (Å²) in [5.41, 5.74) is 1.76. The number of hydrogen-bond acceptors (Lipinski definition) is 7. The van der Waals surface area contributed by atoms with Gasteiger partial charge in [0.2, 0.25) is 15.9 Å². The molecule has 3 heterocycles. The van der Waals surface area contributed by atoms with Gasteiger partial charge in [-0.2, -0.15) is 4.31 Å². The molecule has 2 aromatic carbocycles. The van der Waals surface area contributed by atoms with Gasteiger partial charge >= 0.3 is 0 Å². The molecule has 186 valence electrons. The molecule has 1 saturated heterocycles. The first-order chi connectivity index (χ1) is 17.3. The van der Waals surface area contributed by atoms with Crippen molar-refractivity contribution in [2.45, 2.75) is 18.4 Å². The Morgan fingerprint density at radius 1 is 1.11 bits per heavy atom. The lowest BCUT2D eigenvalue weighted by molar-refractivity contribution is -0.116. The van der Waals surface area contributed by atoms with Crippen LogP contribution in [-0.2, 0) is 26.1 Å². The molecule has 1 fully saturated rings. The van der Waals surface area contributed by atoms with Crippen LogP contribution in [0.5, 0.6) is 0 Å². The Morgan fingerprint density at radius 3 is 2.61 bits per heavy atom. The largest absolute Gasteiger partial charge is 0.379 e. The number of aryl methyl sites for hydroxylation is 1. The number of sulfonamides is 1. The van der Waals surface area contributed by atoms with Gasteiger partial charge in [0.15, 0.2) is 0 Å². The van der Waals surface area contributed by atoms with Gasteiger partial charge in [-0.05, 0) is 30.7 Å². The zero-order valence-corrected chi connectivity index (χ0v) is 21.1. The number of benzene rings is 2. The van der Waals surface area contributed by atoms with Crippen molar-refractivity contribution < 1.29 is 17.9 Å². The molecule has 0 atom stereocenters. The monoisotopic (exact) mass is 524 g/mol. The molecule has 11 heteroatoms. The highest BCUT2D eigenvalue weighted by Crippen LogP contribution is 2.35. The van der Waals surface area contributed by atoms with E-state index in [-0.39, 0.29) is 30.1 Å². The van der Waals surface area contributed by atoms with Crippen LogP contribution >= 0.6 is 11.3 Å². The zero-order valence-electron chi connectivity index (χ0n) is 19.5. The van der Waals surface area contributed by atoms with Crippen LogP contribution in [0, 0.1) is 6.92 Å². The number of morpholine rings is 1. The Labute approximate surface area is 212 Å². The third-order valence-electron chi connectivity index (χ3n) is 5.96. The van der Waals surface area contributed by atoms with E-state index in [2.05, 4.69) is 10.3 Å². The number of amides is 1. The third kappa shape index (κ3) is 4.70. The topological polar surface area (TPSA) is 111 Å². The van der Waals surface area contributed by atoms with E-state index in [9.17, 15) is 18.0 Å². The summed E-state index contributed by atoms with van der Waals surface area (Å²) in [6.45, 7) is 2.94. The number of thiophene rings is 1. The quantitative estimate of drug-likeness (QED) is 0.415. The first-order valence-corrected chi connectivity index (χ1v) is 13.6. The maximum absolute atomic E-state index is 13.3. The lowest BCUT2D eigenvalue weighted by Crippen LogP contribution is -2.40. The molecule has 2 aromatic heterocycles. The summed E-state index contributed by atoms with van der Waals surface area (Å²) in [6.07, 6.45) is 1.37. The Bertz CT molecular complexity index is 1590. The molecular formula is C25H24N4O5S2. The third-order valence-corrected chi connectivity index (χ3v) is 8.86. The molecule has 0 aliphatic carbocycles. The summed E-state index contributed by atoms with van der Waals surface area (Å²) in [4.78, 5) is 32.3. The van der Waals surface area contributed by atoms with Crippen LogP contribution in [0.3, 0.4) is 0 Å². The maximum Gasteiger partial charge on any atom is 0.263 e. The van der Waals surface area contributed by atoms with E-state index in [1.54, 1.807) is 12.1 Å². The van der Waals surface area contributed by atoms with Crippen LogP contribution in [0.2, 0.25) is 0 Å². The highest BCUT2D eigenvalue weighted by atomic mass is 32.2. The number of hydrogen-bond donors (Lipinski definition) is 1. The van der Waals surface area contributed by atoms with E-state index in [1.165, 1.54) is 38.7 Å². The van der Waals surface area contributed by atoms with Gasteiger partial charge in [-0.1, -0.05) is 36.4 Å². The van der Waals surface area contributed by atoms with Gasteiger partial charge in [0.05, 0.1) is 29.8 Å². The maximum atomic E-state index is 13.3. The minimum atomic E-state index is -3.70. The smallest absolute Gasteiger partial charge is 0.263 e. The molecule has 36 heavy (non-hydrogen) atoms. The van der Waals surface area contributed by atoms with Crippen LogP contribution in [0.25, 0.3) is 21.3 Å². The van der Waals surface area contributed by atoms with E-state index in [0.29, 0.717) is 29.1 Å². The van der Waals surface area contributed by atoms with Gasteiger partial charge in [-0.25, -0.2) is 13.4 Å². The molecule has 0 saturated carbocycles. The molecule has 0 spiro atoms. The molecule has 0 radical (unpaired) electrons. The summed E-state index contributed by atoms with van der Waals surface area (Å²) in [5.74, 6) is -0.465. The van der Waals surface area contributed by atoms with Crippen LogP contribution < -0.4 is 10.9 Å². The SMILES string of the molecule is Cc1sc2ncn(CC(=O)Nc3cccc(S(=O)(=O)N4CCOCC4)c3)c(=O)c2c1-c1ccccc1. The second kappa shape index (κ2) is 9.94. The van der Waals surface area contributed by atoms with Crippen molar-refractivity contribution in [2.75, 3.05) is 31.6 Å². The fraction of sp³-hybridized carbons (Fsp3) is 0.240. The lowest BCUT2D eigenvalue weighted by Gasteiger charge is -2.26. The fourth-order valence-electron chi connectivity index (χ4n) is 4.23. The van der Waals surface area contributed by atoms with Crippen molar-refractivity contribution in [1.82, 2.24) is 13.9 Å². The Hall–Kier alpha value is -3.38. The van der Waals surface area contributed by atoms with E-state index in [1.807, 2.05) is 37.3 Å². The molecule has 0 unspecified atom stereocenters. The van der Waals surface area contributed by atoms with Gasteiger partial charge in [0.25, 0.3) is 5.56 Å². The van der Waals surface area contributed by atoms with E-state index >= 15 is 0 Å². The highest BCUT2D eigenvalue weighted by Gasteiger charge is 2.26. The number of carbonyl (C=O) groups excluding carboxylic acids is 1. The Kier molecular flexibility index (Phi) is 6.71. The molecule has 1 aliphatic rings. The molecule has 1 amide bonds. The summed E-state index contributed by atoms with van der Waals surface area (Å²) >= 11 is 1.44. The summed E-state index contributed by atoms with van der Waals surface area (Å²) in [7, 11) is -3.70. The Balaban J connectivity index is 1.39. The van der Waals surface area contributed by atoms with Gasteiger partial charge in [0.1, 0.15) is 11.4 Å². The fourth-order valence-corrected chi connectivity index (χ4v) is 6.69. The first-order valence-electron chi connectivity index (χ1n) is 11.4. The van der Waals surface area contributed by atoms with Crippen LogP contribution in [0.4, 0.5) is 5.69 Å². The van der Waals surface area contributed by atoms with E-state index in [4.69, 9.17) is 4.74 Å². The van der Waals surface area contributed by atoms with E-state index < -0.39 is 15.9 Å². The predicted octanol–water partition coefficient (Wildman–Crippen LogP) is 3.09. The molecule has 4 aromatic rings. The van der Waals surface area contributed by atoms with Gasteiger partial charge in [-0.3, -0.25) is 14.2 Å². The van der Waals surface area contributed by atoms with Crippen molar-refractivity contribution in [2.24, 2.45) is 0 Å². The van der Waals surface area contributed by atoms with Crippen molar-refractivity contribution in [3.63, 3.8) is 0 Å². The second-order valence-corrected chi connectivity index (χ2v) is 11.5. The van der Waals surface area contributed by atoms with E-state index in [0.717, 1.165) is 16.0 Å². The Morgan fingerprint density at radius 2 is 1.86 bits per heavy atom. The molecule has 0 bridgehead atoms. The molecule has 1 aliphatic heterocycles. The van der Waals surface area contributed by atoms with Crippen molar-refractivity contribution in [3.8, 4) is 11.1 Å². The summed E-state index contributed by atoms with van der Waals surface area (Å²) in [6, 6.07) is 15.7. The number of anilines is 1. The van der Waals surface area contributed by atoms with Crippen molar-refractivity contribution >= 4 is 43.2 Å². The normalized spacial score (nSPS) is 14.7. The zero-order chi connectivity index (χ0) is 25.3. The van der Waals surface area contributed by atoms with Crippen molar-refractivity contribution in [1.29, 1.82) is 0 Å². The van der Waals surface area contributed by atoms with Crippen LogP contribution in [-0.4, -0.2) is 54.5 Å². The lowest BCUT2D eigenvalue weighted by atomic mass is 10.0. The first kappa shape index (κ1) is 24.3. The average molecular weight is 525 g/mol. The second-order valence-electron chi connectivity index (χ2n) is 8.35. The summed E-state index contributed by atoms with van der Waals surface area (Å²) in [5, 5.41) is 3.19. The number of nitrogens with one attached hydrogen (secondary N) is 1. The van der Waals surface area contributed by atoms with Crippen LogP contribution in [0.15, 0.2) is 70.6 Å². The number of rotatable bonds is 6. The number of aromatic nitrogens is 2. The van der Waals surface area contributed by atoms with Gasteiger partial charge in [-0.15, -0.1) is 11.3 Å². The molecule has 9 nitrogen and oxygen atoms in total. The van der Waals surface area contributed by atoms with Gasteiger partial charge < -0.3 is 10.1 Å². The minimum absolute atomic E-state index is 0.0868. The number of carbonyl (C=O) groups is 1.